The highest BCUT2D eigenvalue weighted by Crippen LogP contribution is 2.17. The Labute approximate surface area is 140 Å². The van der Waals surface area contributed by atoms with Gasteiger partial charge in [-0.15, -0.1) is 0 Å². The van der Waals surface area contributed by atoms with Gasteiger partial charge < -0.3 is 15.4 Å². The monoisotopic (exact) mass is 317 g/mol. The molecule has 2 rings (SSSR count). The molecule has 0 bridgehead atoms. The van der Waals surface area contributed by atoms with Crippen LogP contribution in [-0.2, 0) is 17.9 Å². The molecule has 1 saturated carbocycles. The number of hydrogen-bond acceptors (Lipinski definition) is 2. The molecule has 0 aliphatic heterocycles. The summed E-state index contributed by atoms with van der Waals surface area (Å²) in [5.74, 6) is 0.934. The van der Waals surface area contributed by atoms with E-state index in [4.69, 9.17) is 9.73 Å². The number of rotatable bonds is 7. The number of benzene rings is 1. The van der Waals surface area contributed by atoms with Gasteiger partial charge in [0.1, 0.15) is 0 Å². The third-order valence-electron chi connectivity index (χ3n) is 4.03. The smallest absolute Gasteiger partial charge is 0.191 e. The van der Waals surface area contributed by atoms with Gasteiger partial charge in [0.15, 0.2) is 5.96 Å². The topological polar surface area (TPSA) is 45.7 Å². The van der Waals surface area contributed by atoms with Crippen molar-refractivity contribution < 1.29 is 4.74 Å². The molecule has 1 aliphatic rings. The van der Waals surface area contributed by atoms with Gasteiger partial charge in [0.2, 0.25) is 0 Å². The van der Waals surface area contributed by atoms with Gasteiger partial charge in [-0.25, -0.2) is 4.99 Å². The highest BCUT2D eigenvalue weighted by molar-refractivity contribution is 5.80. The Hall–Kier alpha value is -1.55. The van der Waals surface area contributed by atoms with Crippen LogP contribution >= 0.6 is 0 Å². The summed E-state index contributed by atoms with van der Waals surface area (Å²) in [6.07, 6.45) is 5.43. The Balaban J connectivity index is 1.93. The van der Waals surface area contributed by atoms with E-state index in [0.717, 1.165) is 12.5 Å². The standard InChI is InChI=1S/C19H31N3O/c1-4-20-19(22-18-10-5-6-11-18)21-13-16-8-7-9-17(12-16)14-23-15(2)3/h7-9,12,15,18H,4-6,10-11,13-14H2,1-3H3,(H2,20,21,22). The molecular formula is C19H31N3O. The third kappa shape index (κ3) is 6.61. The maximum absolute atomic E-state index is 5.68. The van der Waals surface area contributed by atoms with Crippen LogP contribution in [0.4, 0.5) is 0 Å². The highest BCUT2D eigenvalue weighted by Gasteiger charge is 2.15. The van der Waals surface area contributed by atoms with Gasteiger partial charge in [0, 0.05) is 12.6 Å². The fourth-order valence-electron chi connectivity index (χ4n) is 2.83. The SMILES string of the molecule is CCNC(=NCc1cccc(COC(C)C)c1)NC1CCCC1. The molecule has 0 atom stereocenters. The molecule has 1 aromatic carbocycles. The average Bonchev–Trinajstić information content (AvgIpc) is 3.04. The van der Waals surface area contributed by atoms with Crippen molar-refractivity contribution in [2.45, 2.75) is 71.8 Å². The number of hydrogen-bond donors (Lipinski definition) is 2. The van der Waals surface area contributed by atoms with E-state index in [2.05, 4.69) is 55.7 Å². The van der Waals surface area contributed by atoms with Crippen LogP contribution in [0.5, 0.6) is 0 Å². The zero-order chi connectivity index (χ0) is 16.5. The average molecular weight is 317 g/mol. The Morgan fingerprint density at radius 1 is 1.26 bits per heavy atom. The van der Waals surface area contributed by atoms with Crippen LogP contribution in [0.15, 0.2) is 29.3 Å². The first-order valence-corrected chi connectivity index (χ1v) is 8.91. The molecule has 0 radical (unpaired) electrons. The second-order valence-corrected chi connectivity index (χ2v) is 6.50. The van der Waals surface area contributed by atoms with E-state index in [1.807, 2.05) is 0 Å². The fourth-order valence-corrected chi connectivity index (χ4v) is 2.83. The van der Waals surface area contributed by atoms with Crippen molar-refractivity contribution in [1.29, 1.82) is 0 Å². The van der Waals surface area contributed by atoms with E-state index in [9.17, 15) is 0 Å². The molecule has 0 spiro atoms. The summed E-state index contributed by atoms with van der Waals surface area (Å²) in [6, 6.07) is 9.09. The van der Waals surface area contributed by atoms with E-state index in [1.165, 1.54) is 36.8 Å². The molecule has 23 heavy (non-hydrogen) atoms. The molecule has 0 heterocycles. The summed E-state index contributed by atoms with van der Waals surface area (Å²) in [5, 5.41) is 6.90. The number of guanidine groups is 1. The van der Waals surface area contributed by atoms with Crippen LogP contribution in [0.1, 0.15) is 57.6 Å². The normalized spacial score (nSPS) is 16.1. The maximum Gasteiger partial charge on any atom is 0.191 e. The molecule has 1 fully saturated rings. The highest BCUT2D eigenvalue weighted by atomic mass is 16.5. The molecule has 2 N–H and O–H groups in total. The molecule has 1 aromatic rings. The largest absolute Gasteiger partial charge is 0.374 e. The number of ether oxygens (including phenoxy) is 1. The molecule has 128 valence electrons. The summed E-state index contributed by atoms with van der Waals surface area (Å²) in [7, 11) is 0. The van der Waals surface area contributed by atoms with Crippen LogP contribution in [0, 0.1) is 0 Å². The van der Waals surface area contributed by atoms with Gasteiger partial charge in [-0.05, 0) is 44.7 Å². The molecule has 4 heteroatoms. The van der Waals surface area contributed by atoms with Crippen molar-refractivity contribution in [2.75, 3.05) is 6.54 Å². The molecule has 1 aliphatic carbocycles. The van der Waals surface area contributed by atoms with Crippen LogP contribution in [-0.4, -0.2) is 24.7 Å². The Morgan fingerprint density at radius 3 is 2.70 bits per heavy atom. The first-order valence-electron chi connectivity index (χ1n) is 8.91. The van der Waals surface area contributed by atoms with Crippen LogP contribution in [0.3, 0.4) is 0 Å². The van der Waals surface area contributed by atoms with Gasteiger partial charge in [-0.3, -0.25) is 0 Å². The molecule has 0 aromatic heterocycles. The Bertz CT molecular complexity index is 493. The predicted octanol–water partition coefficient (Wildman–Crippen LogP) is 3.61. The minimum absolute atomic E-state index is 0.257. The minimum Gasteiger partial charge on any atom is -0.374 e. The van der Waals surface area contributed by atoms with Crippen molar-refractivity contribution in [3.05, 3.63) is 35.4 Å². The van der Waals surface area contributed by atoms with Gasteiger partial charge in [-0.2, -0.15) is 0 Å². The van der Waals surface area contributed by atoms with Gasteiger partial charge in [-0.1, -0.05) is 37.1 Å². The van der Waals surface area contributed by atoms with Crippen molar-refractivity contribution in [3.63, 3.8) is 0 Å². The quantitative estimate of drug-likeness (QED) is 0.596. The molecule has 0 saturated heterocycles. The number of nitrogens with zero attached hydrogens (tertiary/aromatic N) is 1. The van der Waals surface area contributed by atoms with Gasteiger partial charge in [0.05, 0.1) is 19.3 Å². The van der Waals surface area contributed by atoms with Crippen LogP contribution < -0.4 is 10.6 Å². The van der Waals surface area contributed by atoms with Crippen LogP contribution in [0.2, 0.25) is 0 Å². The van der Waals surface area contributed by atoms with Crippen molar-refractivity contribution in [2.24, 2.45) is 4.99 Å². The lowest BCUT2D eigenvalue weighted by atomic mass is 10.1. The summed E-state index contributed by atoms with van der Waals surface area (Å²) < 4.78 is 5.68. The molecular weight excluding hydrogens is 286 g/mol. The Morgan fingerprint density at radius 2 is 2.00 bits per heavy atom. The van der Waals surface area contributed by atoms with Crippen molar-refractivity contribution in [1.82, 2.24) is 10.6 Å². The number of nitrogens with one attached hydrogen (secondary N) is 2. The zero-order valence-corrected chi connectivity index (χ0v) is 14.8. The second kappa shape index (κ2) is 9.56. The molecule has 0 amide bonds. The third-order valence-corrected chi connectivity index (χ3v) is 4.03. The first-order chi connectivity index (χ1) is 11.2. The second-order valence-electron chi connectivity index (χ2n) is 6.50. The van der Waals surface area contributed by atoms with Crippen molar-refractivity contribution in [3.8, 4) is 0 Å². The van der Waals surface area contributed by atoms with Gasteiger partial charge in [0.25, 0.3) is 0 Å². The fraction of sp³-hybridized carbons (Fsp3) is 0.632. The summed E-state index contributed by atoms with van der Waals surface area (Å²) >= 11 is 0. The summed E-state index contributed by atoms with van der Waals surface area (Å²) in [5.41, 5.74) is 2.43. The summed E-state index contributed by atoms with van der Waals surface area (Å²) in [4.78, 5) is 4.74. The van der Waals surface area contributed by atoms with Crippen molar-refractivity contribution >= 4 is 5.96 Å². The molecule has 4 nitrogen and oxygen atoms in total. The lowest BCUT2D eigenvalue weighted by molar-refractivity contribution is 0.0657. The lowest BCUT2D eigenvalue weighted by Gasteiger charge is -2.16. The van der Waals surface area contributed by atoms with E-state index in [0.29, 0.717) is 19.2 Å². The Kier molecular flexibility index (Phi) is 7.40. The van der Waals surface area contributed by atoms with E-state index >= 15 is 0 Å². The number of aliphatic imine (C=N–C) groups is 1. The molecule has 0 unspecified atom stereocenters. The maximum atomic E-state index is 5.68. The van der Waals surface area contributed by atoms with Gasteiger partial charge >= 0.3 is 0 Å². The zero-order valence-electron chi connectivity index (χ0n) is 14.8. The van der Waals surface area contributed by atoms with E-state index in [1.54, 1.807) is 0 Å². The lowest BCUT2D eigenvalue weighted by Crippen LogP contribution is -2.42. The van der Waals surface area contributed by atoms with E-state index in [-0.39, 0.29) is 6.10 Å². The first kappa shape index (κ1) is 17.8. The summed E-state index contributed by atoms with van der Waals surface area (Å²) in [6.45, 7) is 8.47. The minimum atomic E-state index is 0.257. The van der Waals surface area contributed by atoms with Crippen LogP contribution in [0.25, 0.3) is 0 Å². The predicted molar refractivity (Wildman–Crippen MR) is 96.6 cm³/mol. The van der Waals surface area contributed by atoms with E-state index < -0.39 is 0 Å².